The molecule has 2 N–H and O–H groups in total. The molecular weight excluding hydrogens is 336 g/mol. The Hall–Kier alpha value is -2.84. The average Bonchev–Trinajstić information content (AvgIpc) is 2.72. The quantitative estimate of drug-likeness (QED) is 0.404. The van der Waals surface area contributed by atoms with E-state index in [1.807, 2.05) is 43.3 Å². The molecule has 0 saturated heterocycles. The Morgan fingerprint density at radius 3 is 2.70 bits per heavy atom. The summed E-state index contributed by atoms with van der Waals surface area (Å²) in [4.78, 5) is 4.58. The van der Waals surface area contributed by atoms with Crippen LogP contribution in [0.25, 0.3) is 0 Å². The third kappa shape index (κ3) is 7.51. The van der Waals surface area contributed by atoms with Crippen molar-refractivity contribution in [3.05, 3.63) is 71.3 Å². The number of guanidine groups is 1. The van der Waals surface area contributed by atoms with Crippen LogP contribution in [0.1, 0.15) is 43.1 Å². The van der Waals surface area contributed by atoms with Gasteiger partial charge in [0.25, 0.3) is 0 Å². The zero-order valence-electron chi connectivity index (χ0n) is 16.1. The Morgan fingerprint density at radius 2 is 1.96 bits per heavy atom. The van der Waals surface area contributed by atoms with Crippen LogP contribution in [-0.2, 0) is 11.3 Å². The maximum Gasteiger partial charge on any atom is 0.191 e. The average molecular weight is 364 g/mol. The van der Waals surface area contributed by atoms with Gasteiger partial charge < -0.3 is 15.4 Å². The van der Waals surface area contributed by atoms with E-state index >= 15 is 0 Å². The SMILES string of the molecule is CCNC(=NCc1cccc(C#N)c1)NCCCOC(C)c1ccccc1. The fourth-order valence-corrected chi connectivity index (χ4v) is 2.61. The largest absolute Gasteiger partial charge is 0.374 e. The molecule has 0 fully saturated rings. The van der Waals surface area contributed by atoms with Crippen LogP contribution in [0.2, 0.25) is 0 Å². The highest BCUT2D eigenvalue weighted by Crippen LogP contribution is 2.15. The summed E-state index contributed by atoms with van der Waals surface area (Å²) in [5.41, 5.74) is 2.87. The van der Waals surface area contributed by atoms with Crippen molar-refractivity contribution >= 4 is 5.96 Å². The van der Waals surface area contributed by atoms with E-state index in [2.05, 4.69) is 40.8 Å². The second-order valence-corrected chi connectivity index (χ2v) is 6.21. The monoisotopic (exact) mass is 364 g/mol. The van der Waals surface area contributed by atoms with Crippen molar-refractivity contribution in [1.29, 1.82) is 5.26 Å². The molecule has 2 rings (SSSR count). The second-order valence-electron chi connectivity index (χ2n) is 6.21. The summed E-state index contributed by atoms with van der Waals surface area (Å²) in [6, 6.07) is 19.9. The van der Waals surface area contributed by atoms with Gasteiger partial charge in [0, 0.05) is 19.7 Å². The minimum absolute atomic E-state index is 0.0977. The van der Waals surface area contributed by atoms with E-state index in [1.165, 1.54) is 5.56 Å². The number of nitriles is 1. The van der Waals surface area contributed by atoms with Gasteiger partial charge in [0.1, 0.15) is 0 Å². The molecule has 0 radical (unpaired) electrons. The van der Waals surface area contributed by atoms with E-state index in [9.17, 15) is 0 Å². The molecule has 5 nitrogen and oxygen atoms in total. The van der Waals surface area contributed by atoms with Gasteiger partial charge in [-0.15, -0.1) is 0 Å². The summed E-state index contributed by atoms with van der Waals surface area (Å²) in [7, 11) is 0. The van der Waals surface area contributed by atoms with E-state index in [1.54, 1.807) is 6.07 Å². The molecule has 0 saturated carbocycles. The molecular formula is C22H28N4O. The Morgan fingerprint density at radius 1 is 1.15 bits per heavy atom. The van der Waals surface area contributed by atoms with Crippen molar-refractivity contribution in [2.24, 2.45) is 4.99 Å². The van der Waals surface area contributed by atoms with Gasteiger partial charge in [-0.1, -0.05) is 42.5 Å². The summed E-state index contributed by atoms with van der Waals surface area (Å²) in [6.45, 7) is 6.91. The van der Waals surface area contributed by atoms with Crippen LogP contribution in [0.15, 0.2) is 59.6 Å². The molecule has 5 heteroatoms. The van der Waals surface area contributed by atoms with Crippen LogP contribution in [-0.4, -0.2) is 25.7 Å². The van der Waals surface area contributed by atoms with E-state index in [-0.39, 0.29) is 6.10 Å². The molecule has 0 aliphatic heterocycles. The summed E-state index contributed by atoms with van der Waals surface area (Å²) in [5.74, 6) is 0.774. The van der Waals surface area contributed by atoms with Crippen LogP contribution >= 0.6 is 0 Å². The maximum absolute atomic E-state index is 8.98. The summed E-state index contributed by atoms with van der Waals surface area (Å²) in [6.07, 6.45) is 0.992. The van der Waals surface area contributed by atoms with Crippen molar-refractivity contribution in [2.75, 3.05) is 19.7 Å². The Labute approximate surface area is 162 Å². The topological polar surface area (TPSA) is 69.4 Å². The molecule has 2 aromatic carbocycles. The summed E-state index contributed by atoms with van der Waals surface area (Å²) >= 11 is 0. The lowest BCUT2D eigenvalue weighted by Gasteiger charge is -2.14. The number of rotatable bonds is 9. The third-order valence-corrected chi connectivity index (χ3v) is 4.07. The van der Waals surface area contributed by atoms with Gasteiger partial charge in [-0.05, 0) is 43.5 Å². The molecule has 0 bridgehead atoms. The van der Waals surface area contributed by atoms with Crippen LogP contribution < -0.4 is 10.6 Å². The summed E-state index contributed by atoms with van der Waals surface area (Å²) in [5, 5.41) is 15.5. The smallest absolute Gasteiger partial charge is 0.191 e. The van der Waals surface area contributed by atoms with Gasteiger partial charge in [-0.2, -0.15) is 5.26 Å². The molecule has 0 spiro atoms. The molecule has 27 heavy (non-hydrogen) atoms. The fourth-order valence-electron chi connectivity index (χ4n) is 2.61. The summed E-state index contributed by atoms with van der Waals surface area (Å²) < 4.78 is 5.89. The lowest BCUT2D eigenvalue weighted by Crippen LogP contribution is -2.38. The van der Waals surface area contributed by atoms with E-state index in [0.717, 1.165) is 31.0 Å². The highest BCUT2D eigenvalue weighted by Gasteiger charge is 2.04. The van der Waals surface area contributed by atoms with Gasteiger partial charge in [0.05, 0.1) is 24.3 Å². The van der Waals surface area contributed by atoms with Crippen LogP contribution in [0.5, 0.6) is 0 Å². The second kappa shape index (κ2) is 11.7. The van der Waals surface area contributed by atoms with Crippen molar-refractivity contribution in [3.63, 3.8) is 0 Å². The highest BCUT2D eigenvalue weighted by molar-refractivity contribution is 5.79. The van der Waals surface area contributed by atoms with Crippen molar-refractivity contribution in [2.45, 2.75) is 32.9 Å². The first-order valence-electron chi connectivity index (χ1n) is 9.40. The third-order valence-electron chi connectivity index (χ3n) is 4.07. The van der Waals surface area contributed by atoms with Gasteiger partial charge in [-0.3, -0.25) is 0 Å². The number of nitrogens with one attached hydrogen (secondary N) is 2. The number of aliphatic imine (C=N–C) groups is 1. The first kappa shape index (κ1) is 20.5. The molecule has 0 aliphatic carbocycles. The maximum atomic E-state index is 8.98. The van der Waals surface area contributed by atoms with Crippen LogP contribution in [0.4, 0.5) is 0 Å². The minimum Gasteiger partial charge on any atom is -0.374 e. The first-order valence-corrected chi connectivity index (χ1v) is 9.40. The predicted molar refractivity (Wildman–Crippen MR) is 109 cm³/mol. The van der Waals surface area contributed by atoms with Crippen molar-refractivity contribution in [3.8, 4) is 6.07 Å². The number of benzene rings is 2. The van der Waals surface area contributed by atoms with Gasteiger partial charge in [0.15, 0.2) is 5.96 Å². The Balaban J connectivity index is 1.74. The lowest BCUT2D eigenvalue weighted by molar-refractivity contribution is 0.0646. The van der Waals surface area contributed by atoms with Gasteiger partial charge >= 0.3 is 0 Å². The Bertz CT molecular complexity index is 752. The molecule has 1 atom stereocenters. The van der Waals surface area contributed by atoms with Gasteiger partial charge in [-0.25, -0.2) is 4.99 Å². The number of hydrogen-bond donors (Lipinski definition) is 2. The van der Waals surface area contributed by atoms with Crippen LogP contribution in [0.3, 0.4) is 0 Å². The number of ether oxygens (including phenoxy) is 1. The number of nitrogens with zero attached hydrogens (tertiary/aromatic N) is 2. The zero-order valence-corrected chi connectivity index (χ0v) is 16.1. The van der Waals surface area contributed by atoms with Crippen molar-refractivity contribution < 1.29 is 4.74 Å². The van der Waals surface area contributed by atoms with E-state index in [4.69, 9.17) is 10.00 Å². The normalized spacial score (nSPS) is 12.3. The molecule has 0 heterocycles. The van der Waals surface area contributed by atoms with E-state index in [0.29, 0.717) is 18.7 Å². The van der Waals surface area contributed by atoms with Crippen LogP contribution in [0, 0.1) is 11.3 Å². The molecule has 1 unspecified atom stereocenters. The first-order chi connectivity index (χ1) is 13.2. The van der Waals surface area contributed by atoms with E-state index < -0.39 is 0 Å². The Kier molecular flexibility index (Phi) is 8.88. The number of hydrogen-bond acceptors (Lipinski definition) is 3. The lowest BCUT2D eigenvalue weighted by atomic mass is 10.1. The standard InChI is InChI=1S/C22H28N4O/c1-3-24-22(26-17-20-10-7-9-19(15-20)16-23)25-13-8-14-27-18(2)21-11-5-4-6-12-21/h4-7,9-12,15,18H,3,8,13-14,17H2,1-2H3,(H2,24,25,26). The highest BCUT2D eigenvalue weighted by atomic mass is 16.5. The molecule has 0 aromatic heterocycles. The predicted octanol–water partition coefficient (Wildman–Crippen LogP) is 3.78. The molecule has 2 aromatic rings. The molecule has 142 valence electrons. The molecule has 0 amide bonds. The fraction of sp³-hybridized carbons (Fsp3) is 0.364. The zero-order chi connectivity index (χ0) is 19.3. The van der Waals surface area contributed by atoms with Crippen molar-refractivity contribution in [1.82, 2.24) is 10.6 Å². The minimum atomic E-state index is 0.0977. The molecule has 0 aliphatic rings. The van der Waals surface area contributed by atoms with Gasteiger partial charge in [0.2, 0.25) is 0 Å².